The minimum absolute atomic E-state index is 0.0319. The quantitative estimate of drug-likeness (QED) is 0.494. The number of ether oxygens (including phenoxy) is 1. The first-order valence-corrected chi connectivity index (χ1v) is 9.91. The maximum atomic E-state index is 13.5. The third kappa shape index (κ3) is 3.81. The number of nitrogens with zero attached hydrogens (tertiary/aromatic N) is 3. The first-order chi connectivity index (χ1) is 14.0. The Labute approximate surface area is 174 Å². The van der Waals surface area contributed by atoms with E-state index in [4.69, 9.17) is 16.3 Å². The second kappa shape index (κ2) is 7.81. The molecule has 0 aliphatic heterocycles. The summed E-state index contributed by atoms with van der Waals surface area (Å²) >= 11 is 7.45. The van der Waals surface area contributed by atoms with Crippen LogP contribution in [-0.2, 0) is 6.54 Å². The lowest BCUT2D eigenvalue weighted by Gasteiger charge is -2.16. The lowest BCUT2D eigenvalue weighted by Crippen LogP contribution is -2.19. The fourth-order valence-electron chi connectivity index (χ4n) is 2.99. The highest BCUT2D eigenvalue weighted by molar-refractivity contribution is 7.17. The summed E-state index contributed by atoms with van der Waals surface area (Å²) < 4.78 is 21.4. The molecule has 0 radical (unpaired) electrons. The predicted molar refractivity (Wildman–Crippen MR) is 113 cm³/mol. The van der Waals surface area contributed by atoms with Crippen LogP contribution in [0.4, 0.5) is 16.0 Å². The summed E-state index contributed by atoms with van der Waals surface area (Å²) in [5.41, 5.74) is 4.79. The SMILES string of the molecule is COc1cn(Cc2ccc(F)c(Cl)c2)c(Nc2ccc3ncsc3c2C)nc1=O. The van der Waals surface area contributed by atoms with Crippen LogP contribution in [0.5, 0.6) is 5.75 Å². The Morgan fingerprint density at radius 2 is 2.14 bits per heavy atom. The number of hydrogen-bond acceptors (Lipinski definition) is 6. The van der Waals surface area contributed by atoms with Gasteiger partial charge in [0.25, 0.3) is 0 Å². The largest absolute Gasteiger partial charge is 0.490 e. The summed E-state index contributed by atoms with van der Waals surface area (Å²) in [6.07, 6.45) is 1.56. The molecule has 0 amide bonds. The number of hydrogen-bond donors (Lipinski definition) is 1. The number of nitrogens with one attached hydrogen (secondary N) is 1. The Morgan fingerprint density at radius 3 is 2.90 bits per heavy atom. The number of aryl methyl sites for hydroxylation is 1. The highest BCUT2D eigenvalue weighted by Gasteiger charge is 2.13. The molecule has 2 aromatic carbocycles. The van der Waals surface area contributed by atoms with Crippen LogP contribution >= 0.6 is 22.9 Å². The Balaban J connectivity index is 1.76. The van der Waals surface area contributed by atoms with Gasteiger partial charge in [-0.1, -0.05) is 17.7 Å². The van der Waals surface area contributed by atoms with E-state index in [-0.39, 0.29) is 10.8 Å². The van der Waals surface area contributed by atoms with Crippen LogP contribution in [0.25, 0.3) is 10.2 Å². The van der Waals surface area contributed by atoms with Crippen LogP contribution in [-0.4, -0.2) is 21.6 Å². The summed E-state index contributed by atoms with van der Waals surface area (Å²) in [7, 11) is 1.41. The summed E-state index contributed by atoms with van der Waals surface area (Å²) in [6.45, 7) is 2.29. The second-order valence-electron chi connectivity index (χ2n) is 6.38. The lowest BCUT2D eigenvalue weighted by molar-refractivity contribution is 0.402. The van der Waals surface area contributed by atoms with E-state index in [0.717, 1.165) is 27.0 Å². The van der Waals surface area contributed by atoms with Crippen molar-refractivity contribution in [1.82, 2.24) is 14.5 Å². The number of rotatable bonds is 5. The fraction of sp³-hybridized carbons (Fsp3) is 0.150. The van der Waals surface area contributed by atoms with Gasteiger partial charge in [-0.3, -0.25) is 4.79 Å². The minimum Gasteiger partial charge on any atom is -0.490 e. The Morgan fingerprint density at radius 1 is 1.31 bits per heavy atom. The highest BCUT2D eigenvalue weighted by atomic mass is 35.5. The Hall–Kier alpha value is -2.97. The van der Waals surface area contributed by atoms with Gasteiger partial charge in [0, 0.05) is 5.69 Å². The van der Waals surface area contributed by atoms with Crippen LogP contribution in [0.15, 0.2) is 46.8 Å². The van der Waals surface area contributed by atoms with Gasteiger partial charge in [-0.15, -0.1) is 11.3 Å². The third-order valence-electron chi connectivity index (χ3n) is 4.51. The van der Waals surface area contributed by atoms with E-state index in [0.29, 0.717) is 12.5 Å². The molecule has 0 unspecified atom stereocenters. The van der Waals surface area contributed by atoms with Crippen LogP contribution < -0.4 is 15.6 Å². The molecule has 29 heavy (non-hydrogen) atoms. The van der Waals surface area contributed by atoms with E-state index < -0.39 is 11.4 Å². The smallest absolute Gasteiger partial charge is 0.316 e. The van der Waals surface area contributed by atoms with Crippen LogP contribution in [0, 0.1) is 12.7 Å². The van der Waals surface area contributed by atoms with Crippen molar-refractivity contribution in [1.29, 1.82) is 0 Å². The summed E-state index contributed by atoms with van der Waals surface area (Å²) in [4.78, 5) is 20.7. The van der Waals surface area contributed by atoms with Gasteiger partial charge in [0.1, 0.15) is 5.82 Å². The van der Waals surface area contributed by atoms with Crippen molar-refractivity contribution in [3.8, 4) is 5.75 Å². The van der Waals surface area contributed by atoms with Gasteiger partial charge in [-0.25, -0.2) is 9.37 Å². The predicted octanol–water partition coefficient (Wildman–Crippen LogP) is 4.75. The van der Waals surface area contributed by atoms with E-state index in [2.05, 4.69) is 15.3 Å². The molecule has 2 aromatic heterocycles. The first-order valence-electron chi connectivity index (χ1n) is 8.65. The molecule has 4 aromatic rings. The van der Waals surface area contributed by atoms with E-state index in [1.165, 1.54) is 13.2 Å². The molecule has 0 atom stereocenters. The van der Waals surface area contributed by atoms with Gasteiger partial charge >= 0.3 is 5.56 Å². The molecule has 0 aliphatic rings. The zero-order valence-electron chi connectivity index (χ0n) is 15.6. The van der Waals surface area contributed by atoms with Crippen molar-refractivity contribution < 1.29 is 9.13 Å². The molecule has 4 rings (SSSR count). The maximum absolute atomic E-state index is 13.5. The molecule has 0 fully saturated rings. The van der Waals surface area contributed by atoms with Gasteiger partial charge < -0.3 is 14.6 Å². The number of anilines is 2. The molecule has 9 heteroatoms. The zero-order chi connectivity index (χ0) is 20.5. The van der Waals surface area contributed by atoms with Crippen molar-refractivity contribution >= 4 is 44.8 Å². The summed E-state index contributed by atoms with van der Waals surface area (Å²) in [5, 5.41) is 3.26. The number of methoxy groups -OCH3 is 1. The molecule has 0 bridgehead atoms. The van der Waals surface area contributed by atoms with Crippen LogP contribution in [0.2, 0.25) is 5.02 Å². The minimum atomic E-state index is -0.488. The molecule has 0 saturated carbocycles. The molecule has 0 spiro atoms. The standard InChI is InChI=1S/C20H16ClFN4O2S/c1-11-15(5-6-16-18(11)29-10-23-16)24-20-25-19(27)17(28-2)9-26(20)8-12-3-4-14(22)13(21)7-12/h3-7,9-10H,8H2,1-2H3,(H,24,25,27). The number of thiazole rings is 1. The second-order valence-corrected chi connectivity index (χ2v) is 7.64. The monoisotopic (exact) mass is 430 g/mol. The molecule has 148 valence electrons. The molecule has 2 heterocycles. The highest BCUT2D eigenvalue weighted by Crippen LogP contribution is 2.30. The number of aromatic nitrogens is 3. The molecule has 1 N–H and O–H groups in total. The summed E-state index contributed by atoms with van der Waals surface area (Å²) in [6, 6.07) is 8.28. The average molecular weight is 431 g/mol. The van der Waals surface area contributed by atoms with Crippen LogP contribution in [0.1, 0.15) is 11.1 Å². The number of fused-ring (bicyclic) bond motifs is 1. The van der Waals surface area contributed by atoms with Gasteiger partial charge in [-0.05, 0) is 42.3 Å². The Bertz CT molecular complexity index is 1270. The van der Waals surface area contributed by atoms with Gasteiger partial charge in [0.15, 0.2) is 0 Å². The molecule has 0 saturated heterocycles. The van der Waals surface area contributed by atoms with E-state index in [9.17, 15) is 9.18 Å². The van der Waals surface area contributed by atoms with E-state index in [1.54, 1.807) is 39.7 Å². The van der Waals surface area contributed by atoms with Gasteiger partial charge in [-0.2, -0.15) is 4.98 Å². The van der Waals surface area contributed by atoms with Crippen molar-refractivity contribution in [2.75, 3.05) is 12.4 Å². The lowest BCUT2D eigenvalue weighted by atomic mass is 10.2. The topological polar surface area (TPSA) is 69.0 Å². The van der Waals surface area contributed by atoms with E-state index in [1.807, 2.05) is 19.1 Å². The number of halogens is 2. The normalized spacial score (nSPS) is 11.0. The van der Waals surface area contributed by atoms with Crippen molar-refractivity contribution in [3.63, 3.8) is 0 Å². The molecular formula is C20H16ClFN4O2S. The zero-order valence-corrected chi connectivity index (χ0v) is 17.1. The van der Waals surface area contributed by atoms with Crippen LogP contribution in [0.3, 0.4) is 0 Å². The van der Waals surface area contributed by atoms with Gasteiger partial charge in [0.05, 0.1) is 40.6 Å². The summed E-state index contributed by atoms with van der Waals surface area (Å²) in [5.74, 6) is -0.0422. The van der Waals surface area contributed by atoms with Crippen molar-refractivity contribution in [2.45, 2.75) is 13.5 Å². The van der Waals surface area contributed by atoms with E-state index >= 15 is 0 Å². The van der Waals surface area contributed by atoms with Crippen molar-refractivity contribution in [2.24, 2.45) is 0 Å². The average Bonchev–Trinajstić information content (AvgIpc) is 3.18. The fourth-order valence-corrected chi connectivity index (χ4v) is 3.99. The molecular weight excluding hydrogens is 415 g/mol. The van der Waals surface area contributed by atoms with Gasteiger partial charge in [0.2, 0.25) is 11.7 Å². The number of benzene rings is 2. The first kappa shape index (κ1) is 19.4. The Kier molecular flexibility index (Phi) is 5.21. The third-order valence-corrected chi connectivity index (χ3v) is 5.77. The molecule has 0 aliphatic carbocycles. The maximum Gasteiger partial charge on any atom is 0.316 e. The molecule has 6 nitrogen and oxygen atoms in total. The van der Waals surface area contributed by atoms with Crippen molar-refractivity contribution in [3.05, 3.63) is 74.4 Å².